The number of nitrogens with zero attached hydrogens (tertiary/aromatic N) is 4. The van der Waals surface area contributed by atoms with Gasteiger partial charge in [0.05, 0.1) is 4.92 Å². The highest BCUT2D eigenvalue weighted by atomic mass is 16.6. The van der Waals surface area contributed by atoms with Crippen LogP contribution in [0.4, 0.5) is 5.69 Å². The van der Waals surface area contributed by atoms with Gasteiger partial charge in [-0.15, -0.1) is 0 Å². The molecular weight excluding hydrogens is 436 g/mol. The van der Waals surface area contributed by atoms with Crippen LogP contribution in [0.3, 0.4) is 0 Å². The minimum absolute atomic E-state index is 0.0427. The van der Waals surface area contributed by atoms with Gasteiger partial charge in [-0.25, -0.2) is 0 Å². The molecule has 3 aliphatic heterocycles. The molecular formula is C25H28N4O5. The second-order valence-corrected chi connectivity index (χ2v) is 10.1. The van der Waals surface area contributed by atoms with E-state index in [1.807, 2.05) is 29.2 Å². The number of benzene rings is 1. The van der Waals surface area contributed by atoms with Crippen LogP contribution in [0, 0.1) is 22.0 Å². The third-order valence-electron chi connectivity index (χ3n) is 7.30. The number of nitro groups is 1. The number of aromatic nitrogens is 1. The molecule has 1 aromatic heterocycles. The average molecular weight is 465 g/mol. The third-order valence-corrected chi connectivity index (χ3v) is 7.30. The van der Waals surface area contributed by atoms with E-state index in [4.69, 9.17) is 0 Å². The fourth-order valence-electron chi connectivity index (χ4n) is 5.80. The Hall–Kier alpha value is -3.49. The highest BCUT2D eigenvalue weighted by molar-refractivity contribution is 6.01. The van der Waals surface area contributed by atoms with Gasteiger partial charge in [-0.3, -0.25) is 24.5 Å². The number of fused-ring (bicyclic) bond motifs is 5. The van der Waals surface area contributed by atoms with Crippen molar-refractivity contribution < 1.29 is 14.5 Å². The quantitative estimate of drug-likeness (QED) is 0.500. The molecule has 0 N–H and O–H groups in total. The Morgan fingerprint density at radius 3 is 2.59 bits per heavy atom. The van der Waals surface area contributed by atoms with Crippen molar-refractivity contribution in [2.45, 2.75) is 51.7 Å². The maximum Gasteiger partial charge on any atom is 0.334 e. The standard InChI is InChI=1S/C25H28N4O5/c1-15(2)9-22(28-14-17-5-3-4-6-19(17)23(28)30)24(31)26-11-16-10-18(13-26)20-7-8-21(29(33)34)25(32)27(20)12-16/h3-8,15-16,18,22H,9-14H2,1-2H3/t16?,18?,22-/m0/s1. The summed E-state index contributed by atoms with van der Waals surface area (Å²) in [6.07, 6.45) is 1.41. The van der Waals surface area contributed by atoms with Crippen molar-refractivity contribution >= 4 is 17.5 Å². The molecule has 3 atom stereocenters. The van der Waals surface area contributed by atoms with E-state index >= 15 is 0 Å². The fraction of sp³-hybridized carbons (Fsp3) is 0.480. The molecule has 3 aliphatic rings. The summed E-state index contributed by atoms with van der Waals surface area (Å²) >= 11 is 0. The molecule has 9 heteroatoms. The van der Waals surface area contributed by atoms with Crippen molar-refractivity contribution in [1.82, 2.24) is 14.4 Å². The zero-order valence-corrected chi connectivity index (χ0v) is 19.3. The van der Waals surface area contributed by atoms with E-state index < -0.39 is 22.2 Å². The first-order valence-corrected chi connectivity index (χ1v) is 11.8. The van der Waals surface area contributed by atoms with Crippen LogP contribution in [0.2, 0.25) is 0 Å². The van der Waals surface area contributed by atoms with Crippen LogP contribution in [0.5, 0.6) is 0 Å². The highest BCUT2D eigenvalue weighted by Crippen LogP contribution is 2.37. The number of amides is 2. The van der Waals surface area contributed by atoms with Crippen LogP contribution < -0.4 is 5.56 Å². The predicted octanol–water partition coefficient (Wildman–Crippen LogP) is 2.77. The van der Waals surface area contributed by atoms with Crippen molar-refractivity contribution in [2.24, 2.45) is 11.8 Å². The van der Waals surface area contributed by atoms with Crippen LogP contribution >= 0.6 is 0 Å². The number of pyridine rings is 1. The summed E-state index contributed by atoms with van der Waals surface area (Å²) in [6.45, 7) is 5.81. The van der Waals surface area contributed by atoms with E-state index in [0.717, 1.165) is 17.7 Å². The molecule has 178 valence electrons. The smallest absolute Gasteiger partial charge is 0.334 e. The molecule has 0 spiro atoms. The van der Waals surface area contributed by atoms with E-state index in [-0.39, 0.29) is 29.6 Å². The molecule has 2 unspecified atom stereocenters. The van der Waals surface area contributed by atoms with E-state index in [1.165, 1.54) is 10.6 Å². The van der Waals surface area contributed by atoms with Gasteiger partial charge < -0.3 is 14.4 Å². The van der Waals surface area contributed by atoms with Gasteiger partial charge in [-0.2, -0.15) is 0 Å². The van der Waals surface area contributed by atoms with Crippen molar-refractivity contribution in [3.8, 4) is 0 Å². The van der Waals surface area contributed by atoms with E-state index in [2.05, 4.69) is 13.8 Å². The van der Waals surface area contributed by atoms with Crippen LogP contribution in [0.15, 0.2) is 41.2 Å². The summed E-state index contributed by atoms with van der Waals surface area (Å²) in [5.74, 6) is 0.0603. The molecule has 4 heterocycles. The summed E-state index contributed by atoms with van der Waals surface area (Å²) in [6, 6.07) is 9.88. The zero-order chi connectivity index (χ0) is 24.1. The Morgan fingerprint density at radius 2 is 1.88 bits per heavy atom. The van der Waals surface area contributed by atoms with Crippen LogP contribution in [0.1, 0.15) is 54.2 Å². The van der Waals surface area contributed by atoms with E-state index in [1.54, 1.807) is 11.0 Å². The molecule has 2 bridgehead atoms. The average Bonchev–Trinajstić information content (AvgIpc) is 3.13. The molecule has 0 saturated carbocycles. The number of hydrogen-bond donors (Lipinski definition) is 0. The van der Waals surface area contributed by atoms with Crippen molar-refractivity contribution in [2.75, 3.05) is 13.1 Å². The molecule has 0 aliphatic carbocycles. The normalized spacial score (nSPS) is 21.9. The van der Waals surface area contributed by atoms with Crippen molar-refractivity contribution in [3.05, 3.63) is 73.7 Å². The molecule has 1 fully saturated rings. The number of hydrogen-bond acceptors (Lipinski definition) is 5. The second kappa shape index (κ2) is 8.38. The first-order valence-electron chi connectivity index (χ1n) is 11.8. The molecule has 1 saturated heterocycles. The summed E-state index contributed by atoms with van der Waals surface area (Å²) in [7, 11) is 0. The molecule has 2 amide bonds. The summed E-state index contributed by atoms with van der Waals surface area (Å²) in [4.78, 5) is 53.8. The topological polar surface area (TPSA) is 106 Å². The number of carbonyl (C=O) groups excluding carboxylic acids is 2. The fourth-order valence-corrected chi connectivity index (χ4v) is 5.80. The summed E-state index contributed by atoms with van der Waals surface area (Å²) < 4.78 is 1.52. The third kappa shape index (κ3) is 3.69. The maximum atomic E-state index is 13.8. The van der Waals surface area contributed by atoms with Crippen LogP contribution in [0.25, 0.3) is 0 Å². The van der Waals surface area contributed by atoms with Crippen molar-refractivity contribution in [3.63, 3.8) is 0 Å². The lowest BCUT2D eigenvalue weighted by Gasteiger charge is -2.44. The van der Waals surface area contributed by atoms with Gasteiger partial charge in [0.15, 0.2) is 0 Å². The predicted molar refractivity (Wildman–Crippen MR) is 124 cm³/mol. The van der Waals surface area contributed by atoms with Gasteiger partial charge in [-0.1, -0.05) is 32.0 Å². The zero-order valence-electron chi connectivity index (χ0n) is 19.3. The molecule has 5 rings (SSSR count). The number of piperidine rings is 1. The lowest BCUT2D eigenvalue weighted by molar-refractivity contribution is -0.386. The van der Waals surface area contributed by atoms with Gasteiger partial charge in [0, 0.05) is 49.4 Å². The van der Waals surface area contributed by atoms with E-state index in [9.17, 15) is 24.5 Å². The number of rotatable bonds is 5. The summed E-state index contributed by atoms with van der Waals surface area (Å²) in [5, 5.41) is 11.2. The highest BCUT2D eigenvalue weighted by Gasteiger charge is 2.42. The minimum Gasteiger partial charge on any atom is -0.340 e. The number of likely N-dealkylation sites (tertiary alicyclic amines) is 1. The first kappa shape index (κ1) is 22.3. The molecule has 9 nitrogen and oxygen atoms in total. The van der Waals surface area contributed by atoms with Gasteiger partial charge in [-0.05, 0) is 42.4 Å². The van der Waals surface area contributed by atoms with Crippen LogP contribution in [-0.2, 0) is 17.9 Å². The molecule has 0 radical (unpaired) electrons. The minimum atomic E-state index is -0.641. The maximum absolute atomic E-state index is 13.8. The molecule has 1 aromatic carbocycles. The second-order valence-electron chi connectivity index (χ2n) is 10.1. The lowest BCUT2D eigenvalue weighted by atomic mass is 9.82. The van der Waals surface area contributed by atoms with Crippen molar-refractivity contribution in [1.29, 1.82) is 0 Å². The Kier molecular flexibility index (Phi) is 5.50. The van der Waals surface area contributed by atoms with E-state index in [0.29, 0.717) is 38.2 Å². The lowest BCUT2D eigenvalue weighted by Crippen LogP contribution is -2.55. The largest absolute Gasteiger partial charge is 0.340 e. The Labute approximate surface area is 197 Å². The van der Waals surface area contributed by atoms with Gasteiger partial charge in [0.25, 0.3) is 5.91 Å². The first-order chi connectivity index (χ1) is 16.2. The number of carbonyl (C=O) groups is 2. The Bertz CT molecular complexity index is 1240. The van der Waals surface area contributed by atoms with Gasteiger partial charge in [0.1, 0.15) is 6.04 Å². The summed E-state index contributed by atoms with van der Waals surface area (Å²) in [5.41, 5.74) is 1.36. The van der Waals surface area contributed by atoms with Crippen LogP contribution in [-0.4, -0.2) is 50.2 Å². The Morgan fingerprint density at radius 1 is 1.12 bits per heavy atom. The van der Waals surface area contributed by atoms with Gasteiger partial charge >= 0.3 is 11.2 Å². The SMILES string of the molecule is CC(C)C[C@@H](C(=O)N1CC2CC(C1)c1ccc([N+](=O)[O-])c(=O)n1C2)N1Cc2ccccc2C1=O. The Balaban J connectivity index is 1.41. The molecule has 2 aromatic rings. The molecule has 34 heavy (non-hydrogen) atoms. The van der Waals surface area contributed by atoms with Gasteiger partial charge in [0.2, 0.25) is 5.91 Å². The monoisotopic (exact) mass is 464 g/mol.